The number of carbonyl (C=O) groups is 2. The molecule has 1 aromatic heterocycles. The van der Waals surface area contributed by atoms with Gasteiger partial charge < -0.3 is 14.8 Å². The van der Waals surface area contributed by atoms with E-state index >= 15 is 0 Å². The number of nitrogens with zero attached hydrogens (tertiary/aromatic N) is 1. The lowest BCUT2D eigenvalue weighted by Crippen LogP contribution is -2.30. The third kappa shape index (κ3) is 6.07. The Hall–Kier alpha value is -3.88. The molecule has 0 spiro atoms. The van der Waals surface area contributed by atoms with E-state index in [2.05, 4.69) is 10.3 Å². The number of ether oxygens (including phenoxy) is 2. The SMILES string of the molecule is CC(=O)c1ccc(NC(=O)[C@@H](C)Oc2ccc(Oc3ccc(C(F)(F)F)cn3)cc2)cc1. The number of rotatable bonds is 7. The number of carbonyl (C=O) groups excluding carboxylic acids is 2. The fraction of sp³-hybridized carbons (Fsp3) is 0.174. The number of nitrogens with one attached hydrogen (secondary N) is 1. The van der Waals surface area contributed by atoms with Crippen LogP contribution in [0.2, 0.25) is 0 Å². The molecule has 0 fully saturated rings. The highest BCUT2D eigenvalue weighted by atomic mass is 19.4. The Balaban J connectivity index is 1.55. The van der Waals surface area contributed by atoms with Crippen LogP contribution in [0.3, 0.4) is 0 Å². The zero-order chi connectivity index (χ0) is 23.3. The maximum Gasteiger partial charge on any atom is 0.417 e. The third-order valence-corrected chi connectivity index (χ3v) is 4.35. The average molecular weight is 444 g/mol. The van der Waals surface area contributed by atoms with Crippen LogP contribution in [0.4, 0.5) is 18.9 Å². The highest BCUT2D eigenvalue weighted by molar-refractivity contribution is 5.96. The van der Waals surface area contributed by atoms with Crippen molar-refractivity contribution in [1.82, 2.24) is 4.98 Å². The van der Waals surface area contributed by atoms with Crippen LogP contribution in [-0.2, 0) is 11.0 Å². The molecule has 6 nitrogen and oxygen atoms in total. The van der Waals surface area contributed by atoms with Crippen molar-refractivity contribution in [3.8, 4) is 17.4 Å². The van der Waals surface area contributed by atoms with E-state index < -0.39 is 17.8 Å². The molecule has 9 heteroatoms. The molecule has 0 aliphatic carbocycles. The quantitative estimate of drug-likeness (QED) is 0.487. The minimum Gasteiger partial charge on any atom is -0.481 e. The van der Waals surface area contributed by atoms with E-state index in [1.807, 2.05) is 0 Å². The first-order valence-electron chi connectivity index (χ1n) is 9.51. The molecular weight excluding hydrogens is 425 g/mol. The number of halogens is 3. The van der Waals surface area contributed by atoms with Gasteiger partial charge >= 0.3 is 6.18 Å². The maximum atomic E-state index is 12.6. The number of ketones is 1. The van der Waals surface area contributed by atoms with Gasteiger partial charge in [-0.3, -0.25) is 9.59 Å². The minimum absolute atomic E-state index is 0.00945. The molecule has 0 unspecified atom stereocenters. The number of pyridine rings is 1. The molecule has 0 aliphatic rings. The lowest BCUT2D eigenvalue weighted by atomic mass is 10.1. The van der Waals surface area contributed by atoms with Crippen molar-refractivity contribution in [3.63, 3.8) is 0 Å². The van der Waals surface area contributed by atoms with Crippen molar-refractivity contribution >= 4 is 17.4 Å². The predicted molar refractivity (Wildman–Crippen MR) is 111 cm³/mol. The summed E-state index contributed by atoms with van der Waals surface area (Å²) in [6, 6.07) is 14.7. The zero-order valence-electron chi connectivity index (χ0n) is 17.1. The smallest absolute Gasteiger partial charge is 0.417 e. The van der Waals surface area contributed by atoms with Crippen molar-refractivity contribution in [3.05, 3.63) is 78.0 Å². The Morgan fingerprint density at radius 1 is 0.938 bits per heavy atom. The van der Waals surface area contributed by atoms with Gasteiger partial charge in [-0.25, -0.2) is 4.98 Å². The van der Waals surface area contributed by atoms with Gasteiger partial charge in [0.15, 0.2) is 11.9 Å². The van der Waals surface area contributed by atoms with Gasteiger partial charge in [-0.05, 0) is 68.4 Å². The van der Waals surface area contributed by atoms with Crippen LogP contribution in [0.25, 0.3) is 0 Å². The maximum absolute atomic E-state index is 12.6. The summed E-state index contributed by atoms with van der Waals surface area (Å²) in [5.41, 5.74) is 0.208. The molecule has 0 saturated heterocycles. The molecule has 1 amide bonds. The predicted octanol–water partition coefficient (Wildman–Crippen LogP) is 5.50. The summed E-state index contributed by atoms with van der Waals surface area (Å²) in [7, 11) is 0. The van der Waals surface area contributed by atoms with Crippen molar-refractivity contribution < 1.29 is 32.2 Å². The number of aromatic nitrogens is 1. The van der Waals surface area contributed by atoms with Gasteiger partial charge in [0.1, 0.15) is 11.5 Å². The first-order chi connectivity index (χ1) is 15.1. The number of anilines is 1. The Bertz CT molecular complexity index is 1080. The second-order valence-electron chi connectivity index (χ2n) is 6.84. The molecule has 1 N–H and O–H groups in total. The van der Waals surface area contributed by atoms with Crippen molar-refractivity contribution in [1.29, 1.82) is 0 Å². The molecule has 3 rings (SSSR count). The number of amides is 1. The van der Waals surface area contributed by atoms with E-state index in [9.17, 15) is 22.8 Å². The first-order valence-corrected chi connectivity index (χ1v) is 9.51. The topological polar surface area (TPSA) is 77.5 Å². The van der Waals surface area contributed by atoms with Crippen LogP contribution in [0.1, 0.15) is 29.8 Å². The number of benzene rings is 2. The molecule has 0 radical (unpaired) electrons. The summed E-state index contributed by atoms with van der Waals surface area (Å²) < 4.78 is 48.8. The van der Waals surface area contributed by atoms with Crippen LogP contribution in [0.15, 0.2) is 66.9 Å². The molecule has 1 heterocycles. The summed E-state index contributed by atoms with van der Waals surface area (Å²) in [6.45, 7) is 3.04. The van der Waals surface area contributed by atoms with Crippen LogP contribution >= 0.6 is 0 Å². The molecule has 3 aromatic rings. The Labute approximate surface area is 182 Å². The highest BCUT2D eigenvalue weighted by Gasteiger charge is 2.30. The van der Waals surface area contributed by atoms with Gasteiger partial charge in [0.25, 0.3) is 5.91 Å². The van der Waals surface area contributed by atoms with Gasteiger partial charge in [-0.2, -0.15) is 13.2 Å². The zero-order valence-corrected chi connectivity index (χ0v) is 17.1. The highest BCUT2D eigenvalue weighted by Crippen LogP contribution is 2.30. The van der Waals surface area contributed by atoms with Gasteiger partial charge in [0, 0.05) is 23.5 Å². The van der Waals surface area contributed by atoms with E-state index in [1.165, 1.54) is 6.92 Å². The fourth-order valence-electron chi connectivity index (χ4n) is 2.61. The molecule has 0 aliphatic heterocycles. The normalized spacial score (nSPS) is 12.0. The van der Waals surface area contributed by atoms with Crippen LogP contribution in [0.5, 0.6) is 17.4 Å². The molecule has 2 aromatic carbocycles. The summed E-state index contributed by atoms with van der Waals surface area (Å²) in [6.07, 6.45) is -4.59. The Kier molecular flexibility index (Phi) is 6.77. The second-order valence-corrected chi connectivity index (χ2v) is 6.84. The third-order valence-electron chi connectivity index (χ3n) is 4.35. The van der Waals surface area contributed by atoms with E-state index in [4.69, 9.17) is 9.47 Å². The van der Waals surface area contributed by atoms with Crippen LogP contribution in [-0.4, -0.2) is 22.8 Å². The van der Waals surface area contributed by atoms with Gasteiger partial charge in [-0.1, -0.05) is 0 Å². The first kappa shape index (κ1) is 22.8. The van der Waals surface area contributed by atoms with Crippen molar-refractivity contribution in [2.24, 2.45) is 0 Å². The van der Waals surface area contributed by atoms with Crippen LogP contribution < -0.4 is 14.8 Å². The molecule has 1 atom stereocenters. The van der Waals surface area contributed by atoms with Gasteiger partial charge in [0.2, 0.25) is 5.88 Å². The van der Waals surface area contributed by atoms with Crippen molar-refractivity contribution in [2.75, 3.05) is 5.32 Å². The van der Waals surface area contributed by atoms with Crippen molar-refractivity contribution in [2.45, 2.75) is 26.1 Å². The van der Waals surface area contributed by atoms with E-state index in [0.717, 1.165) is 12.1 Å². The van der Waals surface area contributed by atoms with E-state index in [0.29, 0.717) is 28.9 Å². The molecular formula is C23H19F3N2O4. The van der Waals surface area contributed by atoms with Gasteiger partial charge in [0.05, 0.1) is 5.56 Å². The van der Waals surface area contributed by atoms with Gasteiger partial charge in [-0.15, -0.1) is 0 Å². The molecule has 166 valence electrons. The lowest BCUT2D eigenvalue weighted by Gasteiger charge is -2.15. The number of hydrogen-bond acceptors (Lipinski definition) is 5. The number of Topliss-reactive ketones (excluding diaryl/α,β-unsaturated/α-hetero) is 1. The van der Waals surface area contributed by atoms with Crippen LogP contribution in [0, 0.1) is 0 Å². The Morgan fingerprint density at radius 3 is 2.09 bits per heavy atom. The Morgan fingerprint density at radius 2 is 1.56 bits per heavy atom. The van der Waals surface area contributed by atoms with E-state index in [1.54, 1.807) is 55.5 Å². The number of hydrogen-bond donors (Lipinski definition) is 1. The lowest BCUT2D eigenvalue weighted by molar-refractivity contribution is -0.137. The molecule has 32 heavy (non-hydrogen) atoms. The largest absolute Gasteiger partial charge is 0.481 e. The molecule has 0 bridgehead atoms. The summed E-state index contributed by atoms with van der Waals surface area (Å²) in [5.74, 6) is 0.297. The summed E-state index contributed by atoms with van der Waals surface area (Å²) in [5, 5.41) is 2.70. The number of alkyl halides is 3. The standard InChI is InChI=1S/C23H19F3N2O4/c1-14(29)16-3-6-18(7-4-16)28-22(30)15(2)31-19-8-10-20(11-9-19)32-21-12-5-17(13-27-21)23(24,25)26/h3-13,15H,1-2H3,(H,28,30)/t15-/m1/s1. The monoisotopic (exact) mass is 444 g/mol. The average Bonchev–Trinajstić information content (AvgIpc) is 2.75. The summed E-state index contributed by atoms with van der Waals surface area (Å²) >= 11 is 0. The minimum atomic E-state index is -4.47. The molecule has 0 saturated carbocycles. The van der Waals surface area contributed by atoms with E-state index in [-0.39, 0.29) is 17.6 Å². The summed E-state index contributed by atoms with van der Waals surface area (Å²) in [4.78, 5) is 27.3. The fourth-order valence-corrected chi connectivity index (χ4v) is 2.61. The second kappa shape index (κ2) is 9.51.